The summed E-state index contributed by atoms with van der Waals surface area (Å²) in [5.74, 6) is 0.642. The molecule has 3 aromatic rings. The molecule has 1 fully saturated rings. The van der Waals surface area contributed by atoms with Crippen LogP contribution in [0.5, 0.6) is 5.75 Å². The van der Waals surface area contributed by atoms with Gasteiger partial charge in [-0.3, -0.25) is 0 Å². The van der Waals surface area contributed by atoms with Gasteiger partial charge < -0.3 is 34.7 Å². The van der Waals surface area contributed by atoms with Crippen LogP contribution in [0.4, 0.5) is 0 Å². The molecule has 0 saturated carbocycles. The molecule has 7 nitrogen and oxygen atoms in total. The van der Waals surface area contributed by atoms with E-state index in [9.17, 15) is 25.5 Å². The van der Waals surface area contributed by atoms with Gasteiger partial charge in [0.2, 0.25) is 0 Å². The Morgan fingerprint density at radius 3 is 2.43 bits per heavy atom. The number of hydrogen-bond acceptors (Lipinski definition) is 7. The summed E-state index contributed by atoms with van der Waals surface area (Å²) in [6.45, 7) is 3.57. The largest absolute Gasteiger partial charge is 0.508 e. The lowest BCUT2D eigenvalue weighted by Gasteiger charge is -2.40. The number of rotatable bonds is 4. The molecule has 0 aliphatic carbocycles. The van der Waals surface area contributed by atoms with Crippen LogP contribution in [0, 0.1) is 13.8 Å². The van der Waals surface area contributed by atoms with Gasteiger partial charge in [-0.1, -0.05) is 12.1 Å². The van der Waals surface area contributed by atoms with E-state index in [2.05, 4.69) is 6.92 Å². The van der Waals surface area contributed by atoms with Crippen LogP contribution in [0.3, 0.4) is 0 Å². The van der Waals surface area contributed by atoms with Crippen molar-refractivity contribution in [3.63, 3.8) is 0 Å². The van der Waals surface area contributed by atoms with Crippen molar-refractivity contribution in [3.05, 3.63) is 64.4 Å². The zero-order chi connectivity index (χ0) is 21.6. The first-order valence-electron chi connectivity index (χ1n) is 9.91. The van der Waals surface area contributed by atoms with Gasteiger partial charge in [-0.25, -0.2) is 0 Å². The number of ether oxygens (including phenoxy) is 1. The molecule has 0 spiro atoms. The van der Waals surface area contributed by atoms with Crippen molar-refractivity contribution in [1.82, 2.24) is 0 Å². The summed E-state index contributed by atoms with van der Waals surface area (Å²) in [7, 11) is 0. The lowest BCUT2D eigenvalue weighted by Crippen LogP contribution is -2.55. The number of aliphatic hydroxyl groups excluding tert-OH is 4. The van der Waals surface area contributed by atoms with Crippen molar-refractivity contribution in [2.75, 3.05) is 6.61 Å². The third kappa shape index (κ3) is 3.59. The SMILES string of the molecule is Cc1ccc2oc(Cc3ccc(O)c([C@@H]4O[C@H](CO)[C@@H](O)[C@H](O)[C@H]4O)c3)cc2c1C. The first-order chi connectivity index (χ1) is 14.3. The Bertz CT molecular complexity index is 1060. The summed E-state index contributed by atoms with van der Waals surface area (Å²) in [4.78, 5) is 0. The molecule has 2 heterocycles. The van der Waals surface area contributed by atoms with Gasteiger partial charge in [0.15, 0.2) is 0 Å². The molecule has 0 bridgehead atoms. The molecule has 0 amide bonds. The quantitative estimate of drug-likeness (QED) is 0.441. The van der Waals surface area contributed by atoms with Gasteiger partial charge in [0.1, 0.15) is 47.6 Å². The first kappa shape index (κ1) is 20.8. The van der Waals surface area contributed by atoms with Gasteiger partial charge in [0.05, 0.1) is 6.61 Å². The average Bonchev–Trinajstić information content (AvgIpc) is 3.14. The molecule has 0 radical (unpaired) electrons. The second-order valence-electron chi connectivity index (χ2n) is 7.95. The number of aryl methyl sites for hydroxylation is 2. The van der Waals surface area contributed by atoms with Crippen molar-refractivity contribution >= 4 is 11.0 Å². The number of aliphatic hydroxyl groups is 4. The molecule has 2 aromatic carbocycles. The molecule has 4 rings (SSSR count). The summed E-state index contributed by atoms with van der Waals surface area (Å²) in [5.41, 5.74) is 4.24. The van der Waals surface area contributed by atoms with Gasteiger partial charge in [0, 0.05) is 17.4 Å². The zero-order valence-electron chi connectivity index (χ0n) is 16.8. The summed E-state index contributed by atoms with van der Waals surface area (Å²) in [5, 5.41) is 51.2. The molecule has 1 saturated heterocycles. The van der Waals surface area contributed by atoms with Crippen LogP contribution in [-0.4, -0.2) is 56.6 Å². The van der Waals surface area contributed by atoms with Crippen molar-refractivity contribution in [1.29, 1.82) is 0 Å². The predicted molar refractivity (Wildman–Crippen MR) is 109 cm³/mol. The molecule has 160 valence electrons. The normalized spacial score (nSPS) is 26.9. The summed E-state index contributed by atoms with van der Waals surface area (Å²) in [6, 6.07) is 10.9. The molecular formula is C23H26O7. The average molecular weight is 414 g/mol. The van der Waals surface area contributed by atoms with E-state index in [1.54, 1.807) is 12.1 Å². The number of fused-ring (bicyclic) bond motifs is 1. The molecule has 7 heteroatoms. The van der Waals surface area contributed by atoms with E-state index < -0.39 is 37.1 Å². The fourth-order valence-corrected chi connectivity index (χ4v) is 4.00. The van der Waals surface area contributed by atoms with Gasteiger partial charge in [-0.05, 0) is 54.8 Å². The second kappa shape index (κ2) is 8.02. The van der Waals surface area contributed by atoms with Gasteiger partial charge in [0.25, 0.3) is 0 Å². The fourth-order valence-electron chi connectivity index (χ4n) is 4.00. The minimum absolute atomic E-state index is 0.112. The van der Waals surface area contributed by atoms with Crippen LogP contribution >= 0.6 is 0 Å². The van der Waals surface area contributed by atoms with E-state index in [1.165, 1.54) is 11.6 Å². The van der Waals surface area contributed by atoms with Gasteiger partial charge in [-0.15, -0.1) is 0 Å². The van der Waals surface area contributed by atoms with Crippen molar-refractivity contribution in [3.8, 4) is 5.75 Å². The molecule has 0 unspecified atom stereocenters. The number of phenols is 1. The highest BCUT2D eigenvalue weighted by molar-refractivity contribution is 5.82. The van der Waals surface area contributed by atoms with Crippen LogP contribution in [0.2, 0.25) is 0 Å². The van der Waals surface area contributed by atoms with Gasteiger partial charge >= 0.3 is 0 Å². The van der Waals surface area contributed by atoms with E-state index in [0.717, 1.165) is 27.9 Å². The number of aromatic hydroxyl groups is 1. The fraction of sp³-hybridized carbons (Fsp3) is 0.391. The van der Waals surface area contributed by atoms with Crippen LogP contribution in [0.1, 0.15) is 34.1 Å². The Morgan fingerprint density at radius 1 is 0.933 bits per heavy atom. The van der Waals surface area contributed by atoms with E-state index in [4.69, 9.17) is 9.15 Å². The standard InChI is InChI=1S/C23H26O7/c1-11-3-6-18-15(12(11)2)9-14(29-18)7-13-4-5-17(25)16(8-13)23-22(28)21(27)20(26)19(10-24)30-23/h3-6,8-9,19-28H,7,10H2,1-2H3/t19-,20-,21+,22-,23+/m1/s1. The summed E-state index contributed by atoms with van der Waals surface area (Å²) in [6.07, 6.45) is -6.10. The number of benzene rings is 2. The van der Waals surface area contributed by atoms with Crippen molar-refractivity contribution < 1.29 is 34.7 Å². The number of hydrogen-bond donors (Lipinski definition) is 5. The second-order valence-corrected chi connectivity index (χ2v) is 7.95. The highest BCUT2D eigenvalue weighted by Gasteiger charge is 2.44. The molecule has 30 heavy (non-hydrogen) atoms. The van der Waals surface area contributed by atoms with Crippen molar-refractivity contribution in [2.24, 2.45) is 0 Å². The lowest BCUT2D eigenvalue weighted by molar-refractivity contribution is -0.232. The van der Waals surface area contributed by atoms with E-state index in [1.807, 2.05) is 25.1 Å². The lowest BCUT2D eigenvalue weighted by atomic mass is 9.90. The third-order valence-electron chi connectivity index (χ3n) is 5.96. The van der Waals surface area contributed by atoms with E-state index >= 15 is 0 Å². The molecule has 1 aliphatic heterocycles. The molecular weight excluding hydrogens is 388 g/mol. The Kier molecular flexibility index (Phi) is 5.57. The highest BCUT2D eigenvalue weighted by Crippen LogP contribution is 2.37. The minimum atomic E-state index is -1.51. The third-order valence-corrected chi connectivity index (χ3v) is 5.96. The van der Waals surface area contributed by atoms with Crippen LogP contribution in [-0.2, 0) is 11.2 Å². The number of phenolic OH excluding ortho intramolecular Hbond substituents is 1. The van der Waals surface area contributed by atoms with Gasteiger partial charge in [-0.2, -0.15) is 0 Å². The molecule has 1 aromatic heterocycles. The van der Waals surface area contributed by atoms with Crippen LogP contribution in [0.25, 0.3) is 11.0 Å². The Hall–Kier alpha value is -2.42. The van der Waals surface area contributed by atoms with Crippen molar-refractivity contribution in [2.45, 2.75) is 50.8 Å². The monoisotopic (exact) mass is 414 g/mol. The maximum atomic E-state index is 10.4. The maximum Gasteiger partial charge on any atom is 0.134 e. The minimum Gasteiger partial charge on any atom is -0.508 e. The Labute approximate surface area is 173 Å². The van der Waals surface area contributed by atoms with Crippen LogP contribution < -0.4 is 0 Å². The maximum absolute atomic E-state index is 10.4. The molecule has 5 N–H and O–H groups in total. The predicted octanol–water partition coefficient (Wildman–Crippen LogP) is 1.86. The molecule has 1 aliphatic rings. The number of furan rings is 1. The Balaban J connectivity index is 1.64. The van der Waals surface area contributed by atoms with E-state index in [-0.39, 0.29) is 11.3 Å². The molecule has 5 atom stereocenters. The summed E-state index contributed by atoms with van der Waals surface area (Å²) >= 11 is 0. The van der Waals surface area contributed by atoms with Crippen LogP contribution in [0.15, 0.2) is 40.8 Å². The zero-order valence-corrected chi connectivity index (χ0v) is 16.8. The highest BCUT2D eigenvalue weighted by atomic mass is 16.5. The van der Waals surface area contributed by atoms with E-state index in [0.29, 0.717) is 6.42 Å². The first-order valence-corrected chi connectivity index (χ1v) is 9.91. The summed E-state index contributed by atoms with van der Waals surface area (Å²) < 4.78 is 11.5. The topological polar surface area (TPSA) is 124 Å². The Morgan fingerprint density at radius 2 is 1.70 bits per heavy atom. The smallest absolute Gasteiger partial charge is 0.134 e.